The fourth-order valence-electron chi connectivity index (χ4n) is 1.95. The van der Waals surface area contributed by atoms with E-state index in [-0.39, 0.29) is 11.9 Å². The molecule has 0 spiro atoms. The highest BCUT2D eigenvalue weighted by molar-refractivity contribution is 5.78. The van der Waals surface area contributed by atoms with E-state index < -0.39 is 0 Å². The summed E-state index contributed by atoms with van der Waals surface area (Å²) in [5, 5.41) is 3.26. The van der Waals surface area contributed by atoms with Gasteiger partial charge in [0.2, 0.25) is 5.91 Å². The molecule has 1 fully saturated rings. The number of ether oxygens (including phenoxy) is 2. The van der Waals surface area contributed by atoms with E-state index in [0.717, 1.165) is 12.8 Å². The van der Waals surface area contributed by atoms with Gasteiger partial charge in [-0.15, -0.1) is 0 Å². The lowest BCUT2D eigenvalue weighted by Gasteiger charge is -2.27. The van der Waals surface area contributed by atoms with Crippen LogP contribution in [-0.2, 0) is 14.3 Å². The predicted octanol–water partition coefficient (Wildman–Crippen LogP) is 0.250. The summed E-state index contributed by atoms with van der Waals surface area (Å²) < 4.78 is 10.3. The van der Waals surface area contributed by atoms with Gasteiger partial charge in [0.25, 0.3) is 0 Å². The van der Waals surface area contributed by atoms with E-state index in [2.05, 4.69) is 12.2 Å². The van der Waals surface area contributed by atoms with Crippen molar-refractivity contribution in [1.82, 2.24) is 10.2 Å². The molecule has 1 rings (SSSR count). The second kappa shape index (κ2) is 8.44. The lowest BCUT2D eigenvalue weighted by atomic mass is 10.2. The third kappa shape index (κ3) is 5.48. The van der Waals surface area contributed by atoms with Crippen LogP contribution in [0.1, 0.15) is 19.8 Å². The third-order valence-electron chi connectivity index (χ3n) is 2.91. The molecule has 0 radical (unpaired) electrons. The van der Waals surface area contributed by atoms with E-state index in [4.69, 9.17) is 9.47 Å². The van der Waals surface area contributed by atoms with E-state index in [1.807, 2.05) is 4.90 Å². The van der Waals surface area contributed by atoms with Crippen molar-refractivity contribution in [2.24, 2.45) is 0 Å². The number of hydrogen-bond donors (Lipinski definition) is 1. The zero-order valence-corrected chi connectivity index (χ0v) is 10.9. The predicted molar refractivity (Wildman–Crippen MR) is 66.0 cm³/mol. The summed E-state index contributed by atoms with van der Waals surface area (Å²) in [4.78, 5) is 13.7. The van der Waals surface area contributed by atoms with Crippen LogP contribution < -0.4 is 5.32 Å². The zero-order chi connectivity index (χ0) is 12.5. The van der Waals surface area contributed by atoms with Crippen LogP contribution in [0.5, 0.6) is 0 Å². The molecule has 1 unspecified atom stereocenters. The Morgan fingerprint density at radius 2 is 2.18 bits per heavy atom. The average Bonchev–Trinajstić information content (AvgIpc) is 2.37. The first kappa shape index (κ1) is 14.4. The van der Waals surface area contributed by atoms with Crippen molar-refractivity contribution in [3.8, 4) is 0 Å². The minimum absolute atomic E-state index is 0.158. The maximum Gasteiger partial charge on any atom is 0.236 e. The molecule has 1 atom stereocenters. The van der Waals surface area contributed by atoms with Gasteiger partial charge in [-0.2, -0.15) is 0 Å². The molecule has 17 heavy (non-hydrogen) atoms. The maximum atomic E-state index is 11.9. The number of amides is 1. The van der Waals surface area contributed by atoms with Crippen molar-refractivity contribution >= 4 is 5.91 Å². The Bertz CT molecular complexity index is 212. The Labute approximate surface area is 103 Å². The minimum Gasteiger partial charge on any atom is -0.383 e. The van der Waals surface area contributed by atoms with E-state index in [9.17, 15) is 4.79 Å². The van der Waals surface area contributed by atoms with Gasteiger partial charge in [-0.1, -0.05) is 13.3 Å². The Morgan fingerprint density at radius 3 is 2.76 bits per heavy atom. The van der Waals surface area contributed by atoms with Gasteiger partial charge in [0.15, 0.2) is 0 Å². The fraction of sp³-hybridized carbons (Fsp3) is 0.917. The smallest absolute Gasteiger partial charge is 0.236 e. The highest BCUT2D eigenvalue weighted by Gasteiger charge is 2.17. The SMILES string of the molecule is CCCC(COC)NCC(=O)N1CCOCC1. The van der Waals surface area contributed by atoms with Crippen LogP contribution >= 0.6 is 0 Å². The van der Waals surface area contributed by atoms with Crippen LogP contribution in [0.2, 0.25) is 0 Å². The van der Waals surface area contributed by atoms with Gasteiger partial charge < -0.3 is 19.7 Å². The minimum atomic E-state index is 0.158. The second-order valence-corrected chi connectivity index (χ2v) is 4.32. The number of hydrogen-bond acceptors (Lipinski definition) is 4. The largest absolute Gasteiger partial charge is 0.383 e. The van der Waals surface area contributed by atoms with Crippen molar-refractivity contribution in [2.75, 3.05) is 46.6 Å². The number of rotatable bonds is 7. The molecule has 0 aromatic carbocycles. The molecule has 1 amide bonds. The lowest BCUT2D eigenvalue weighted by Crippen LogP contribution is -2.47. The number of nitrogens with zero attached hydrogens (tertiary/aromatic N) is 1. The third-order valence-corrected chi connectivity index (χ3v) is 2.91. The lowest BCUT2D eigenvalue weighted by molar-refractivity contribution is -0.134. The Morgan fingerprint density at radius 1 is 1.47 bits per heavy atom. The van der Waals surface area contributed by atoms with E-state index in [1.165, 1.54) is 0 Å². The molecule has 100 valence electrons. The molecule has 0 bridgehead atoms. The van der Waals surface area contributed by atoms with Gasteiger partial charge in [0, 0.05) is 26.2 Å². The number of carbonyl (C=O) groups excluding carboxylic acids is 1. The van der Waals surface area contributed by atoms with Crippen molar-refractivity contribution < 1.29 is 14.3 Å². The Balaban J connectivity index is 2.24. The van der Waals surface area contributed by atoms with Crippen LogP contribution in [0, 0.1) is 0 Å². The molecular formula is C12H24N2O3. The van der Waals surface area contributed by atoms with Crippen LogP contribution in [0.25, 0.3) is 0 Å². The van der Waals surface area contributed by atoms with Crippen LogP contribution in [0.15, 0.2) is 0 Å². The van der Waals surface area contributed by atoms with Crippen molar-refractivity contribution in [3.05, 3.63) is 0 Å². The van der Waals surface area contributed by atoms with Gasteiger partial charge in [0.05, 0.1) is 26.4 Å². The van der Waals surface area contributed by atoms with Gasteiger partial charge in [-0.3, -0.25) is 4.79 Å². The average molecular weight is 244 g/mol. The molecule has 1 aliphatic rings. The highest BCUT2D eigenvalue weighted by atomic mass is 16.5. The molecule has 0 aromatic heterocycles. The van der Waals surface area contributed by atoms with E-state index in [1.54, 1.807) is 7.11 Å². The summed E-state index contributed by atoms with van der Waals surface area (Å²) in [6.45, 7) is 5.92. The Kier molecular flexibility index (Phi) is 7.16. The van der Waals surface area contributed by atoms with Crippen molar-refractivity contribution in [1.29, 1.82) is 0 Å². The molecule has 1 aliphatic heterocycles. The molecule has 0 saturated carbocycles. The summed E-state index contributed by atoms with van der Waals surface area (Å²) in [6, 6.07) is 0.273. The van der Waals surface area contributed by atoms with Crippen molar-refractivity contribution in [3.63, 3.8) is 0 Å². The summed E-state index contributed by atoms with van der Waals surface area (Å²) in [7, 11) is 1.69. The summed E-state index contributed by atoms with van der Waals surface area (Å²) in [5.74, 6) is 0.158. The number of morpholine rings is 1. The van der Waals surface area contributed by atoms with Crippen LogP contribution in [-0.4, -0.2) is 63.4 Å². The zero-order valence-electron chi connectivity index (χ0n) is 10.9. The highest BCUT2D eigenvalue weighted by Crippen LogP contribution is 1.99. The molecule has 1 heterocycles. The topological polar surface area (TPSA) is 50.8 Å². The van der Waals surface area contributed by atoms with E-state index >= 15 is 0 Å². The summed E-state index contributed by atoms with van der Waals surface area (Å²) in [5.41, 5.74) is 0. The number of carbonyl (C=O) groups is 1. The molecule has 0 aromatic rings. The number of nitrogens with one attached hydrogen (secondary N) is 1. The van der Waals surface area contributed by atoms with Crippen LogP contribution in [0.3, 0.4) is 0 Å². The first-order valence-electron chi connectivity index (χ1n) is 6.35. The molecule has 5 heteroatoms. The standard InChI is InChI=1S/C12H24N2O3/c1-3-4-11(10-16-2)13-9-12(15)14-5-7-17-8-6-14/h11,13H,3-10H2,1-2H3. The second-order valence-electron chi connectivity index (χ2n) is 4.32. The molecule has 5 nitrogen and oxygen atoms in total. The van der Waals surface area contributed by atoms with E-state index in [0.29, 0.717) is 39.5 Å². The van der Waals surface area contributed by atoms with Gasteiger partial charge in [-0.05, 0) is 6.42 Å². The van der Waals surface area contributed by atoms with Gasteiger partial charge in [-0.25, -0.2) is 0 Å². The Hall–Kier alpha value is -0.650. The first-order chi connectivity index (χ1) is 8.27. The molecule has 1 N–H and O–H groups in total. The summed E-state index contributed by atoms with van der Waals surface area (Å²) >= 11 is 0. The van der Waals surface area contributed by atoms with Gasteiger partial charge in [0.1, 0.15) is 0 Å². The van der Waals surface area contributed by atoms with Gasteiger partial charge >= 0.3 is 0 Å². The molecule has 1 saturated heterocycles. The first-order valence-corrected chi connectivity index (χ1v) is 6.35. The van der Waals surface area contributed by atoms with Crippen LogP contribution in [0.4, 0.5) is 0 Å². The molecule has 0 aliphatic carbocycles. The number of methoxy groups -OCH3 is 1. The summed E-state index contributed by atoms with van der Waals surface area (Å²) in [6.07, 6.45) is 2.12. The maximum absolute atomic E-state index is 11.9. The van der Waals surface area contributed by atoms with Crippen molar-refractivity contribution in [2.45, 2.75) is 25.8 Å². The molecular weight excluding hydrogens is 220 g/mol. The monoisotopic (exact) mass is 244 g/mol. The fourth-order valence-corrected chi connectivity index (χ4v) is 1.95. The quantitative estimate of drug-likeness (QED) is 0.697. The normalized spacial score (nSPS) is 18.1.